The van der Waals surface area contributed by atoms with Gasteiger partial charge in [0, 0.05) is 37.1 Å². The van der Waals surface area contributed by atoms with E-state index in [1.807, 2.05) is 60.7 Å². The molecule has 0 unspecified atom stereocenters. The monoisotopic (exact) mass is 737 g/mol. The molecule has 2 amide bonds. The van der Waals surface area contributed by atoms with E-state index >= 15 is 0 Å². The number of rotatable bonds is 16. The third kappa shape index (κ3) is 10.6. The van der Waals surface area contributed by atoms with Crippen LogP contribution in [-0.4, -0.2) is 54.1 Å². The number of para-hydroxylation sites is 2. The van der Waals surface area contributed by atoms with Crippen molar-refractivity contribution in [2.45, 2.75) is 75.3 Å². The van der Waals surface area contributed by atoms with Crippen molar-refractivity contribution >= 4 is 35.0 Å². The van der Waals surface area contributed by atoms with E-state index in [0.29, 0.717) is 60.9 Å². The Morgan fingerprint density at radius 2 is 1.55 bits per heavy atom. The Hall–Kier alpha value is -5.28. The van der Waals surface area contributed by atoms with Crippen molar-refractivity contribution in [1.82, 2.24) is 25.5 Å². The first-order valence-corrected chi connectivity index (χ1v) is 18.5. The fourth-order valence-electron chi connectivity index (χ4n) is 5.87. The van der Waals surface area contributed by atoms with Crippen molar-refractivity contribution < 1.29 is 29.3 Å². The second-order valence-corrected chi connectivity index (χ2v) is 13.8. The number of aromatic nitrogens is 4. The van der Waals surface area contributed by atoms with Crippen LogP contribution in [-0.2, 0) is 32.2 Å². The quantitative estimate of drug-likeness (QED) is 0.0455. The number of unbranched alkanes of at least 4 members (excludes halogenated alkanes) is 2. The minimum absolute atomic E-state index is 0.0361. The maximum Gasteiger partial charge on any atom is 0.224 e. The molecule has 13 nitrogen and oxygen atoms in total. The number of anilines is 2. The topological polar surface area (TPSA) is 187 Å². The summed E-state index contributed by atoms with van der Waals surface area (Å²) in [5.41, 5.74) is 11.4. The Morgan fingerprint density at radius 1 is 0.849 bits per heavy atom. The Labute approximate surface area is 311 Å². The zero-order valence-corrected chi connectivity index (χ0v) is 30.0. The molecule has 6 rings (SSSR count). The van der Waals surface area contributed by atoms with Gasteiger partial charge in [-0.3, -0.25) is 9.59 Å². The zero-order chi connectivity index (χ0) is 37.0. The molecule has 1 aromatic heterocycles. The number of hydrogen-bond acceptors (Lipinski definition) is 11. The van der Waals surface area contributed by atoms with Gasteiger partial charge in [-0.25, -0.2) is 0 Å². The van der Waals surface area contributed by atoms with Gasteiger partial charge < -0.3 is 36.1 Å². The number of ether oxygens (including phenoxy) is 2. The van der Waals surface area contributed by atoms with E-state index < -0.39 is 6.29 Å². The third-order valence-electron chi connectivity index (χ3n) is 8.83. The highest BCUT2D eigenvalue weighted by Gasteiger charge is 2.32. The summed E-state index contributed by atoms with van der Waals surface area (Å²) in [5.74, 6) is 0.586. The molecule has 0 aliphatic carbocycles. The van der Waals surface area contributed by atoms with Crippen molar-refractivity contribution in [3.63, 3.8) is 0 Å². The normalized spacial score (nSPS) is 17.0. The van der Waals surface area contributed by atoms with Crippen molar-refractivity contribution in [3.05, 3.63) is 119 Å². The second kappa shape index (κ2) is 18.5. The maximum absolute atomic E-state index is 12.5. The van der Waals surface area contributed by atoms with E-state index in [-0.39, 0.29) is 36.4 Å². The smallest absolute Gasteiger partial charge is 0.224 e. The number of nitrogens with two attached hydrogens (primary N) is 1. The maximum atomic E-state index is 12.5. The van der Waals surface area contributed by atoms with Crippen LogP contribution in [0.1, 0.15) is 73.2 Å². The van der Waals surface area contributed by atoms with Crippen molar-refractivity contribution in [3.8, 4) is 11.4 Å². The lowest BCUT2D eigenvalue weighted by Gasteiger charge is -2.36. The second-order valence-electron chi connectivity index (χ2n) is 12.8. The summed E-state index contributed by atoms with van der Waals surface area (Å²) >= 11 is 1.47. The molecule has 53 heavy (non-hydrogen) atoms. The highest BCUT2D eigenvalue weighted by atomic mass is 32.2. The summed E-state index contributed by atoms with van der Waals surface area (Å²) in [6.45, 7) is 0.354. The van der Waals surface area contributed by atoms with Crippen LogP contribution in [0.15, 0.2) is 102 Å². The number of thioether (sulfide) groups is 1. The zero-order valence-electron chi connectivity index (χ0n) is 29.1. The van der Waals surface area contributed by atoms with Crippen LogP contribution < -0.4 is 16.4 Å². The molecule has 0 bridgehead atoms. The van der Waals surface area contributed by atoms with E-state index in [0.717, 1.165) is 34.4 Å². The van der Waals surface area contributed by atoms with Crippen LogP contribution in [0.4, 0.5) is 11.4 Å². The number of amides is 2. The number of carbonyl (C=O) groups excluding carboxylic acids is 2. The number of aliphatic hydroxyl groups is 1. The molecule has 6 N–H and O–H groups in total. The first-order chi connectivity index (χ1) is 25.8. The van der Waals surface area contributed by atoms with Crippen LogP contribution in [0.3, 0.4) is 0 Å². The molecular formula is C39H43N7O6S. The molecule has 14 heteroatoms. The molecule has 1 saturated heterocycles. The number of phenolic OH excluding ortho intramolecular Hbond substituents is 1. The van der Waals surface area contributed by atoms with Crippen molar-refractivity contribution in [1.29, 1.82) is 0 Å². The van der Waals surface area contributed by atoms with Gasteiger partial charge in [0.25, 0.3) is 0 Å². The molecule has 2 heterocycles. The Kier molecular flexibility index (Phi) is 13.1. The molecule has 0 spiro atoms. The molecule has 0 radical (unpaired) electrons. The molecule has 5 aromatic rings. The van der Waals surface area contributed by atoms with E-state index in [1.54, 1.807) is 41.1 Å². The number of nitrogens with one attached hydrogen (secondary N) is 2. The number of hydrogen-bond donors (Lipinski definition) is 5. The predicted molar refractivity (Wildman–Crippen MR) is 201 cm³/mol. The minimum atomic E-state index is -0.638. The van der Waals surface area contributed by atoms with Gasteiger partial charge in [0.1, 0.15) is 5.75 Å². The number of phenols is 1. The van der Waals surface area contributed by atoms with E-state index in [1.165, 1.54) is 11.8 Å². The van der Waals surface area contributed by atoms with Crippen molar-refractivity contribution in [2.75, 3.05) is 16.8 Å². The SMILES string of the molecule is Nc1ccccc1NC(=O)CCCCCC(=O)NCc1ccc([C@H]2O[C@@H](CSc3nnnn3-c3ccc(O)cc3)C[C@@H](c3ccc(CO)cc3)O2)cc1. The van der Waals surface area contributed by atoms with E-state index in [2.05, 4.69) is 26.2 Å². The van der Waals surface area contributed by atoms with Crippen molar-refractivity contribution in [2.24, 2.45) is 0 Å². The fourth-order valence-corrected chi connectivity index (χ4v) is 6.78. The first kappa shape index (κ1) is 37.5. The number of nitrogens with zero attached hydrogens (tertiary/aromatic N) is 4. The summed E-state index contributed by atoms with van der Waals surface area (Å²) in [6, 6.07) is 29.3. The molecule has 4 aromatic carbocycles. The minimum Gasteiger partial charge on any atom is -0.508 e. The summed E-state index contributed by atoms with van der Waals surface area (Å²) in [4.78, 5) is 24.8. The third-order valence-corrected chi connectivity index (χ3v) is 9.88. The summed E-state index contributed by atoms with van der Waals surface area (Å²) in [7, 11) is 0. The average Bonchev–Trinajstić information content (AvgIpc) is 3.66. The van der Waals surface area contributed by atoms with Gasteiger partial charge in [-0.1, -0.05) is 78.8 Å². The van der Waals surface area contributed by atoms with Crippen LogP contribution >= 0.6 is 11.8 Å². The van der Waals surface area contributed by atoms with Crippen LogP contribution in [0.2, 0.25) is 0 Å². The molecule has 3 atom stereocenters. The van der Waals surface area contributed by atoms with Crippen LogP contribution in [0.5, 0.6) is 5.75 Å². The number of tetrazole rings is 1. The van der Waals surface area contributed by atoms with Gasteiger partial charge >= 0.3 is 0 Å². The lowest BCUT2D eigenvalue weighted by atomic mass is 10.0. The number of aliphatic hydroxyl groups excluding tert-OH is 1. The molecule has 1 aliphatic heterocycles. The number of benzene rings is 4. The Bertz CT molecular complexity index is 1940. The molecule has 1 aliphatic rings. The van der Waals surface area contributed by atoms with Crippen LogP contribution in [0.25, 0.3) is 5.69 Å². The van der Waals surface area contributed by atoms with Gasteiger partial charge in [-0.05, 0) is 76.4 Å². The first-order valence-electron chi connectivity index (χ1n) is 17.6. The standard InChI is InChI=1S/C39H43N7O6S/c40-33-6-4-5-7-34(33)42-37(50)9-3-1-2-8-36(49)41-23-26-10-16-29(17-11-26)38-51-32(22-35(52-38)28-14-12-27(24-47)13-15-28)25-53-39-43-44-45-46(39)30-18-20-31(48)21-19-30/h4-7,10-21,32,35,38,47-48H,1-3,8-9,22-25,40H2,(H,41,49)(H,42,50)/t32-,35+,38+/m1/s1. The summed E-state index contributed by atoms with van der Waals surface area (Å²) in [5, 5.41) is 37.8. The van der Waals surface area contributed by atoms with Gasteiger partial charge in [0.05, 0.1) is 35.9 Å². The summed E-state index contributed by atoms with van der Waals surface area (Å²) < 4.78 is 14.6. The Morgan fingerprint density at radius 3 is 2.28 bits per heavy atom. The predicted octanol–water partition coefficient (Wildman–Crippen LogP) is 5.99. The lowest BCUT2D eigenvalue weighted by molar-refractivity contribution is -0.245. The molecular weight excluding hydrogens is 695 g/mol. The number of carbonyl (C=O) groups is 2. The van der Waals surface area contributed by atoms with Gasteiger partial charge in [-0.2, -0.15) is 4.68 Å². The average molecular weight is 738 g/mol. The highest BCUT2D eigenvalue weighted by molar-refractivity contribution is 7.99. The number of nitrogen functional groups attached to an aromatic ring is 1. The Balaban J connectivity index is 0.999. The molecule has 1 fully saturated rings. The number of aromatic hydroxyl groups is 1. The molecule has 0 saturated carbocycles. The van der Waals surface area contributed by atoms with Gasteiger partial charge in [0.15, 0.2) is 6.29 Å². The van der Waals surface area contributed by atoms with E-state index in [9.17, 15) is 19.8 Å². The highest BCUT2D eigenvalue weighted by Crippen LogP contribution is 2.39. The molecule has 276 valence electrons. The van der Waals surface area contributed by atoms with Crippen LogP contribution in [0, 0.1) is 0 Å². The summed E-state index contributed by atoms with van der Waals surface area (Å²) in [6.07, 6.45) is 2.40. The fraction of sp³-hybridized carbons (Fsp3) is 0.308. The lowest BCUT2D eigenvalue weighted by Crippen LogP contribution is -2.31. The van der Waals surface area contributed by atoms with E-state index in [4.69, 9.17) is 15.2 Å². The largest absolute Gasteiger partial charge is 0.508 e. The van der Waals surface area contributed by atoms with Gasteiger partial charge in [0.2, 0.25) is 17.0 Å². The van der Waals surface area contributed by atoms with Gasteiger partial charge in [-0.15, -0.1) is 5.10 Å².